The van der Waals surface area contributed by atoms with Gasteiger partial charge in [-0.05, 0) is 33.1 Å². The lowest BCUT2D eigenvalue weighted by atomic mass is 10.1. The summed E-state index contributed by atoms with van der Waals surface area (Å²) in [4.78, 5) is 0. The summed E-state index contributed by atoms with van der Waals surface area (Å²) in [7, 11) is 0. The van der Waals surface area contributed by atoms with Crippen LogP contribution in [0, 0.1) is 0 Å². The fourth-order valence-corrected chi connectivity index (χ4v) is 1.99. The molecule has 0 aromatic carbocycles. The van der Waals surface area contributed by atoms with Crippen molar-refractivity contribution < 1.29 is 0 Å². The van der Waals surface area contributed by atoms with Gasteiger partial charge in [0, 0.05) is 6.04 Å². The molecule has 0 fully saturated rings. The summed E-state index contributed by atoms with van der Waals surface area (Å²) in [6, 6.07) is 0.426. The van der Waals surface area contributed by atoms with Crippen LogP contribution in [0.5, 0.6) is 0 Å². The Hall–Kier alpha value is -0.860. The number of hydrogen-bond acceptors (Lipinski definition) is 2. The Morgan fingerprint density at radius 3 is 2.38 bits per heavy atom. The van der Waals surface area contributed by atoms with Crippen LogP contribution in [0.15, 0.2) is 0 Å². The van der Waals surface area contributed by atoms with E-state index in [9.17, 15) is 0 Å². The Balaban J connectivity index is 2.77. The van der Waals surface area contributed by atoms with E-state index in [-0.39, 0.29) is 0 Å². The molecule has 0 N–H and O–H groups in total. The second kappa shape index (κ2) is 6.66. The number of unbranched alkanes of at least 4 members (excludes halogenated alkanes) is 2. The van der Waals surface area contributed by atoms with E-state index >= 15 is 0 Å². The van der Waals surface area contributed by atoms with Crippen LogP contribution in [0.4, 0.5) is 0 Å². The second-order valence-electron chi connectivity index (χ2n) is 4.73. The van der Waals surface area contributed by atoms with Gasteiger partial charge in [-0.25, -0.2) is 4.68 Å². The Morgan fingerprint density at radius 1 is 1.06 bits per heavy atom. The summed E-state index contributed by atoms with van der Waals surface area (Å²) in [6.45, 7) is 8.79. The lowest BCUT2D eigenvalue weighted by molar-refractivity contribution is 0.488. The van der Waals surface area contributed by atoms with E-state index in [4.69, 9.17) is 0 Å². The maximum atomic E-state index is 4.32. The Bertz CT molecular complexity index is 302. The van der Waals surface area contributed by atoms with Crippen LogP contribution in [-0.2, 0) is 12.8 Å². The molecule has 92 valence electrons. The molecule has 0 aliphatic heterocycles. The van der Waals surface area contributed by atoms with Crippen LogP contribution in [0.1, 0.15) is 70.8 Å². The molecule has 0 aliphatic rings. The predicted molar refractivity (Wildman–Crippen MR) is 67.6 cm³/mol. The molecular formula is C13H25N3. The maximum Gasteiger partial charge on any atom is 0.0859 e. The van der Waals surface area contributed by atoms with Crippen molar-refractivity contribution in [1.82, 2.24) is 15.0 Å². The van der Waals surface area contributed by atoms with Gasteiger partial charge in [-0.15, -0.1) is 5.10 Å². The quantitative estimate of drug-likeness (QED) is 0.662. The van der Waals surface area contributed by atoms with E-state index < -0.39 is 0 Å². The van der Waals surface area contributed by atoms with Crippen molar-refractivity contribution in [2.75, 3.05) is 0 Å². The lowest BCUT2D eigenvalue weighted by Crippen LogP contribution is -2.08. The fourth-order valence-electron chi connectivity index (χ4n) is 1.99. The summed E-state index contributed by atoms with van der Waals surface area (Å²) in [5.74, 6) is 0. The number of aryl methyl sites for hydroxylation is 1. The molecule has 1 heterocycles. The third-order valence-electron chi connectivity index (χ3n) is 2.86. The van der Waals surface area contributed by atoms with Gasteiger partial charge < -0.3 is 0 Å². The minimum atomic E-state index is 0.426. The highest BCUT2D eigenvalue weighted by atomic mass is 15.4. The van der Waals surface area contributed by atoms with Gasteiger partial charge in [0.25, 0.3) is 0 Å². The minimum absolute atomic E-state index is 0.426. The molecule has 3 nitrogen and oxygen atoms in total. The van der Waals surface area contributed by atoms with E-state index in [2.05, 4.69) is 42.7 Å². The summed E-state index contributed by atoms with van der Waals surface area (Å²) >= 11 is 0. The Kier molecular flexibility index (Phi) is 5.50. The highest BCUT2D eigenvalue weighted by Gasteiger charge is 2.13. The van der Waals surface area contributed by atoms with Crippen LogP contribution in [-0.4, -0.2) is 15.0 Å². The number of aromatic nitrogens is 3. The van der Waals surface area contributed by atoms with Crippen LogP contribution in [0.2, 0.25) is 0 Å². The van der Waals surface area contributed by atoms with Crippen LogP contribution >= 0.6 is 0 Å². The Labute approximate surface area is 99.2 Å². The van der Waals surface area contributed by atoms with Gasteiger partial charge in [-0.3, -0.25) is 0 Å². The molecule has 1 rings (SSSR count). The van der Waals surface area contributed by atoms with Crippen LogP contribution in [0.25, 0.3) is 0 Å². The van der Waals surface area contributed by atoms with E-state index in [1.54, 1.807) is 0 Å². The second-order valence-corrected chi connectivity index (χ2v) is 4.73. The van der Waals surface area contributed by atoms with E-state index in [1.165, 1.54) is 30.7 Å². The first kappa shape index (κ1) is 13.2. The Morgan fingerprint density at radius 2 is 1.81 bits per heavy atom. The van der Waals surface area contributed by atoms with Crippen molar-refractivity contribution in [2.45, 2.75) is 72.3 Å². The van der Waals surface area contributed by atoms with Gasteiger partial charge >= 0.3 is 0 Å². The molecule has 0 spiro atoms. The van der Waals surface area contributed by atoms with Gasteiger partial charge in [0.1, 0.15) is 0 Å². The lowest BCUT2D eigenvalue weighted by Gasteiger charge is -2.10. The molecule has 16 heavy (non-hydrogen) atoms. The van der Waals surface area contributed by atoms with Crippen molar-refractivity contribution in [2.24, 2.45) is 0 Å². The standard InChI is InChI=1S/C13H25N3/c1-5-7-8-10-13-12(9-6-2)14-15-16(13)11(3)4/h11H,5-10H2,1-4H3. The van der Waals surface area contributed by atoms with Gasteiger partial charge in [-0.1, -0.05) is 38.3 Å². The van der Waals surface area contributed by atoms with Crippen molar-refractivity contribution in [3.05, 3.63) is 11.4 Å². The van der Waals surface area contributed by atoms with Crippen LogP contribution in [0.3, 0.4) is 0 Å². The zero-order chi connectivity index (χ0) is 12.0. The first-order valence-corrected chi connectivity index (χ1v) is 6.63. The van der Waals surface area contributed by atoms with E-state index in [1.807, 2.05) is 0 Å². The molecule has 0 atom stereocenters. The zero-order valence-electron chi connectivity index (χ0n) is 11.2. The maximum absolute atomic E-state index is 4.32. The van der Waals surface area contributed by atoms with Gasteiger partial charge in [0.05, 0.1) is 11.4 Å². The first-order valence-electron chi connectivity index (χ1n) is 6.63. The topological polar surface area (TPSA) is 30.7 Å². The van der Waals surface area contributed by atoms with E-state index in [0.717, 1.165) is 19.3 Å². The molecule has 0 saturated carbocycles. The van der Waals surface area contributed by atoms with Crippen molar-refractivity contribution in [1.29, 1.82) is 0 Å². The molecule has 0 radical (unpaired) electrons. The molecule has 0 saturated heterocycles. The highest BCUT2D eigenvalue weighted by Crippen LogP contribution is 2.16. The molecule has 0 bridgehead atoms. The third kappa shape index (κ3) is 3.32. The number of nitrogens with zero attached hydrogens (tertiary/aromatic N) is 3. The third-order valence-corrected chi connectivity index (χ3v) is 2.86. The average Bonchev–Trinajstić information content (AvgIpc) is 2.63. The van der Waals surface area contributed by atoms with Crippen molar-refractivity contribution in [3.63, 3.8) is 0 Å². The zero-order valence-corrected chi connectivity index (χ0v) is 11.2. The summed E-state index contributed by atoms with van der Waals surface area (Å²) in [5, 5.41) is 8.60. The van der Waals surface area contributed by atoms with Gasteiger partial charge in [0.15, 0.2) is 0 Å². The molecule has 0 unspecified atom stereocenters. The first-order chi connectivity index (χ1) is 7.70. The molecule has 1 aromatic heterocycles. The number of rotatable bonds is 7. The van der Waals surface area contributed by atoms with Crippen molar-refractivity contribution in [3.8, 4) is 0 Å². The van der Waals surface area contributed by atoms with Gasteiger partial charge in [0.2, 0.25) is 0 Å². The summed E-state index contributed by atoms with van der Waals surface area (Å²) < 4.78 is 2.10. The predicted octanol–water partition coefficient (Wildman–Crippen LogP) is 3.54. The molecule has 1 aromatic rings. The SMILES string of the molecule is CCCCCc1c(CCC)nnn1C(C)C. The largest absolute Gasteiger partial charge is 0.247 e. The smallest absolute Gasteiger partial charge is 0.0859 e. The highest BCUT2D eigenvalue weighted by molar-refractivity contribution is 5.11. The molecule has 0 aliphatic carbocycles. The fraction of sp³-hybridized carbons (Fsp3) is 0.846. The number of hydrogen-bond donors (Lipinski definition) is 0. The normalized spacial score (nSPS) is 11.3. The monoisotopic (exact) mass is 223 g/mol. The van der Waals surface area contributed by atoms with Crippen molar-refractivity contribution >= 4 is 0 Å². The van der Waals surface area contributed by atoms with E-state index in [0.29, 0.717) is 6.04 Å². The average molecular weight is 223 g/mol. The summed E-state index contributed by atoms with van der Waals surface area (Å²) in [6.07, 6.45) is 7.18. The van der Waals surface area contributed by atoms with Crippen LogP contribution < -0.4 is 0 Å². The molecule has 0 amide bonds. The minimum Gasteiger partial charge on any atom is -0.247 e. The van der Waals surface area contributed by atoms with Gasteiger partial charge in [-0.2, -0.15) is 0 Å². The summed E-state index contributed by atoms with van der Waals surface area (Å²) in [5.41, 5.74) is 2.58. The molecular weight excluding hydrogens is 198 g/mol. The molecule has 3 heteroatoms.